The van der Waals surface area contributed by atoms with Crippen molar-refractivity contribution in [1.29, 1.82) is 0 Å². The molecule has 0 saturated carbocycles. The first kappa shape index (κ1) is 17.8. The summed E-state index contributed by atoms with van der Waals surface area (Å²) in [4.78, 5) is 14.4. The quantitative estimate of drug-likeness (QED) is 0.878. The molecule has 1 N–H and O–H groups in total. The van der Waals surface area contributed by atoms with Crippen LogP contribution in [0.15, 0.2) is 24.3 Å². The lowest BCUT2D eigenvalue weighted by Gasteiger charge is -2.17. The lowest BCUT2D eigenvalue weighted by molar-refractivity contribution is 0.0786. The Balaban J connectivity index is 0.00000220. The summed E-state index contributed by atoms with van der Waals surface area (Å²) in [5.74, 6) is 1.47. The molecule has 1 unspecified atom stereocenters. The number of ether oxygens (including phenoxy) is 1. The van der Waals surface area contributed by atoms with Crippen LogP contribution in [0.2, 0.25) is 0 Å². The van der Waals surface area contributed by atoms with E-state index >= 15 is 0 Å². The van der Waals surface area contributed by atoms with Crippen molar-refractivity contribution < 1.29 is 9.53 Å². The first-order chi connectivity index (χ1) is 9.74. The normalized spacial score (nSPS) is 17.4. The van der Waals surface area contributed by atoms with E-state index in [0.717, 1.165) is 43.8 Å². The molecule has 1 aromatic carbocycles. The van der Waals surface area contributed by atoms with Crippen molar-refractivity contribution in [1.82, 2.24) is 10.2 Å². The summed E-state index contributed by atoms with van der Waals surface area (Å²) in [5.41, 5.74) is 0.726. The molecule has 1 saturated heterocycles. The standard InChI is InChI=1S/C16H24N2O2.ClH/c1-3-9-20-15-6-4-5-14(10-15)16(19)18-8-7-13(12-18)11-17-2;/h4-6,10,13,17H,3,7-9,11-12H2,1-2H3;1H. The summed E-state index contributed by atoms with van der Waals surface area (Å²) in [7, 11) is 1.96. The van der Waals surface area contributed by atoms with Gasteiger partial charge in [0.25, 0.3) is 5.91 Å². The molecule has 1 aromatic rings. The van der Waals surface area contributed by atoms with E-state index in [1.165, 1.54) is 0 Å². The van der Waals surface area contributed by atoms with Crippen LogP contribution in [-0.4, -0.2) is 44.1 Å². The fourth-order valence-electron chi connectivity index (χ4n) is 2.59. The Labute approximate surface area is 133 Å². The predicted molar refractivity (Wildman–Crippen MR) is 87.4 cm³/mol. The number of amides is 1. The Hall–Kier alpha value is -1.26. The second-order valence-corrected chi connectivity index (χ2v) is 5.34. The maximum atomic E-state index is 12.5. The molecule has 1 atom stereocenters. The van der Waals surface area contributed by atoms with E-state index in [4.69, 9.17) is 4.74 Å². The fraction of sp³-hybridized carbons (Fsp3) is 0.562. The highest BCUT2D eigenvalue weighted by Crippen LogP contribution is 2.20. The van der Waals surface area contributed by atoms with Gasteiger partial charge in [0, 0.05) is 18.7 Å². The molecule has 1 heterocycles. The second-order valence-electron chi connectivity index (χ2n) is 5.34. The second kappa shape index (κ2) is 8.90. The number of hydrogen-bond donors (Lipinski definition) is 1. The van der Waals surface area contributed by atoms with Crippen LogP contribution in [-0.2, 0) is 0 Å². The zero-order chi connectivity index (χ0) is 14.4. The number of nitrogens with zero attached hydrogens (tertiary/aromatic N) is 1. The highest BCUT2D eigenvalue weighted by molar-refractivity contribution is 5.94. The van der Waals surface area contributed by atoms with Gasteiger partial charge in [-0.25, -0.2) is 0 Å². The third-order valence-corrected chi connectivity index (χ3v) is 3.62. The third-order valence-electron chi connectivity index (χ3n) is 3.62. The van der Waals surface area contributed by atoms with Crippen molar-refractivity contribution in [2.75, 3.05) is 33.3 Å². The Morgan fingerprint density at radius 1 is 1.48 bits per heavy atom. The van der Waals surface area contributed by atoms with Gasteiger partial charge in [-0.1, -0.05) is 13.0 Å². The monoisotopic (exact) mass is 312 g/mol. The Bertz CT molecular complexity index is 454. The van der Waals surface area contributed by atoms with Crippen molar-refractivity contribution >= 4 is 18.3 Å². The largest absolute Gasteiger partial charge is 0.494 e. The molecule has 21 heavy (non-hydrogen) atoms. The van der Waals surface area contributed by atoms with Crippen LogP contribution < -0.4 is 10.1 Å². The predicted octanol–water partition coefficient (Wildman–Crippen LogP) is 2.58. The van der Waals surface area contributed by atoms with Gasteiger partial charge in [0.15, 0.2) is 0 Å². The van der Waals surface area contributed by atoms with Crippen LogP contribution in [0.3, 0.4) is 0 Å². The molecule has 1 fully saturated rings. The number of carbonyl (C=O) groups excluding carboxylic acids is 1. The maximum Gasteiger partial charge on any atom is 0.253 e. The summed E-state index contributed by atoms with van der Waals surface area (Å²) in [6, 6.07) is 7.51. The van der Waals surface area contributed by atoms with Gasteiger partial charge in [0.1, 0.15) is 5.75 Å². The van der Waals surface area contributed by atoms with Crippen LogP contribution in [0.25, 0.3) is 0 Å². The van der Waals surface area contributed by atoms with Crippen LogP contribution in [0.5, 0.6) is 5.75 Å². The molecule has 118 valence electrons. The minimum Gasteiger partial charge on any atom is -0.494 e. The number of carbonyl (C=O) groups is 1. The van der Waals surface area contributed by atoms with Gasteiger partial charge in [-0.3, -0.25) is 4.79 Å². The molecule has 0 radical (unpaired) electrons. The molecular weight excluding hydrogens is 288 g/mol. The van der Waals surface area contributed by atoms with Crippen LogP contribution in [0, 0.1) is 5.92 Å². The third kappa shape index (κ3) is 4.90. The molecule has 0 aromatic heterocycles. The van der Waals surface area contributed by atoms with Crippen molar-refractivity contribution in [3.05, 3.63) is 29.8 Å². The Morgan fingerprint density at radius 2 is 2.29 bits per heavy atom. The lowest BCUT2D eigenvalue weighted by atomic mass is 10.1. The number of hydrogen-bond acceptors (Lipinski definition) is 3. The van der Waals surface area contributed by atoms with E-state index in [1.807, 2.05) is 36.2 Å². The zero-order valence-electron chi connectivity index (χ0n) is 12.8. The number of nitrogens with one attached hydrogen (secondary N) is 1. The summed E-state index contributed by atoms with van der Waals surface area (Å²) in [6.07, 6.45) is 2.05. The lowest BCUT2D eigenvalue weighted by Crippen LogP contribution is -2.30. The first-order valence-corrected chi connectivity index (χ1v) is 7.41. The Morgan fingerprint density at radius 3 is 3.00 bits per heavy atom. The van der Waals surface area contributed by atoms with Gasteiger partial charge in [0.2, 0.25) is 0 Å². The van der Waals surface area contributed by atoms with Crippen molar-refractivity contribution in [2.45, 2.75) is 19.8 Å². The van der Waals surface area contributed by atoms with Crippen LogP contribution in [0.4, 0.5) is 0 Å². The molecule has 4 nitrogen and oxygen atoms in total. The molecule has 2 rings (SSSR count). The number of likely N-dealkylation sites (tertiary alicyclic amines) is 1. The van der Waals surface area contributed by atoms with Crippen molar-refractivity contribution in [2.24, 2.45) is 5.92 Å². The number of rotatable bonds is 6. The van der Waals surface area contributed by atoms with E-state index in [1.54, 1.807) is 0 Å². The van der Waals surface area contributed by atoms with Gasteiger partial charge in [0.05, 0.1) is 6.61 Å². The van der Waals surface area contributed by atoms with E-state index < -0.39 is 0 Å². The summed E-state index contributed by atoms with van der Waals surface area (Å²) >= 11 is 0. The smallest absolute Gasteiger partial charge is 0.253 e. The molecule has 1 aliphatic rings. The fourth-order valence-corrected chi connectivity index (χ4v) is 2.59. The topological polar surface area (TPSA) is 41.6 Å². The number of halogens is 1. The van der Waals surface area contributed by atoms with Crippen molar-refractivity contribution in [3.63, 3.8) is 0 Å². The van der Waals surface area contributed by atoms with Gasteiger partial charge in [-0.2, -0.15) is 0 Å². The first-order valence-electron chi connectivity index (χ1n) is 7.41. The van der Waals surface area contributed by atoms with E-state index in [0.29, 0.717) is 12.5 Å². The number of benzene rings is 1. The minimum absolute atomic E-state index is 0. The molecule has 0 aliphatic carbocycles. The van der Waals surface area contributed by atoms with Gasteiger partial charge >= 0.3 is 0 Å². The van der Waals surface area contributed by atoms with Gasteiger partial charge in [-0.15, -0.1) is 12.4 Å². The molecule has 0 spiro atoms. The molecule has 5 heteroatoms. The van der Waals surface area contributed by atoms with Crippen molar-refractivity contribution in [3.8, 4) is 5.75 Å². The highest BCUT2D eigenvalue weighted by Gasteiger charge is 2.26. The van der Waals surface area contributed by atoms with Crippen LogP contribution >= 0.6 is 12.4 Å². The highest BCUT2D eigenvalue weighted by atomic mass is 35.5. The summed E-state index contributed by atoms with van der Waals surface area (Å²) in [5, 5.41) is 3.18. The van der Waals surface area contributed by atoms with E-state index in [-0.39, 0.29) is 18.3 Å². The van der Waals surface area contributed by atoms with Gasteiger partial charge < -0.3 is 15.0 Å². The zero-order valence-corrected chi connectivity index (χ0v) is 13.6. The van der Waals surface area contributed by atoms with Gasteiger partial charge in [-0.05, 0) is 50.6 Å². The van der Waals surface area contributed by atoms with Crippen LogP contribution in [0.1, 0.15) is 30.1 Å². The van der Waals surface area contributed by atoms with E-state index in [9.17, 15) is 4.79 Å². The maximum absolute atomic E-state index is 12.5. The summed E-state index contributed by atoms with van der Waals surface area (Å²) in [6.45, 7) is 5.43. The molecular formula is C16H25ClN2O2. The summed E-state index contributed by atoms with van der Waals surface area (Å²) < 4.78 is 5.59. The average molecular weight is 313 g/mol. The molecule has 0 bridgehead atoms. The molecule has 1 aliphatic heterocycles. The van der Waals surface area contributed by atoms with E-state index in [2.05, 4.69) is 12.2 Å². The minimum atomic E-state index is 0. The SMILES string of the molecule is CCCOc1cccc(C(=O)N2CCC(CNC)C2)c1.Cl. The average Bonchev–Trinajstić information content (AvgIpc) is 2.93. The molecule has 1 amide bonds. The Kier molecular flexibility index (Phi) is 7.54.